The Balaban J connectivity index is 1.44. The van der Waals surface area contributed by atoms with E-state index in [1.807, 2.05) is 43.3 Å². The van der Waals surface area contributed by atoms with Gasteiger partial charge in [-0.1, -0.05) is 44.5 Å². The Morgan fingerprint density at radius 1 is 0.781 bits per heavy atom. The van der Waals surface area contributed by atoms with Crippen molar-refractivity contribution in [2.45, 2.75) is 71.6 Å². The summed E-state index contributed by atoms with van der Waals surface area (Å²) in [6.45, 7) is 4.81. The van der Waals surface area contributed by atoms with Crippen LogP contribution in [0.25, 0.3) is 11.1 Å². The van der Waals surface area contributed by atoms with Gasteiger partial charge in [-0.25, -0.2) is 0 Å². The number of ketones is 1. The van der Waals surface area contributed by atoms with Gasteiger partial charge in [-0.3, -0.25) is 9.59 Å². The van der Waals surface area contributed by atoms with Gasteiger partial charge in [0.15, 0.2) is 0 Å². The van der Waals surface area contributed by atoms with Crippen LogP contribution < -0.4 is 9.47 Å². The number of esters is 1. The zero-order valence-corrected chi connectivity index (χ0v) is 19.5. The molecule has 1 fully saturated rings. The van der Waals surface area contributed by atoms with Crippen molar-refractivity contribution >= 4 is 11.8 Å². The summed E-state index contributed by atoms with van der Waals surface area (Å²) in [7, 11) is 0. The van der Waals surface area contributed by atoms with E-state index in [-0.39, 0.29) is 11.9 Å². The smallest absolute Gasteiger partial charge is 0.311 e. The summed E-state index contributed by atoms with van der Waals surface area (Å²) in [4.78, 5) is 23.8. The molecule has 4 heteroatoms. The summed E-state index contributed by atoms with van der Waals surface area (Å²) in [5, 5.41) is 0. The van der Waals surface area contributed by atoms with Crippen LogP contribution in [-0.2, 0) is 9.59 Å². The Morgan fingerprint density at radius 2 is 1.38 bits per heavy atom. The molecule has 3 rings (SSSR count). The van der Waals surface area contributed by atoms with Crippen molar-refractivity contribution in [1.82, 2.24) is 0 Å². The van der Waals surface area contributed by atoms with E-state index >= 15 is 0 Å². The van der Waals surface area contributed by atoms with Crippen molar-refractivity contribution in [1.29, 1.82) is 0 Å². The largest absolute Gasteiger partial charge is 0.493 e. The lowest BCUT2D eigenvalue weighted by atomic mass is 9.79. The second-order valence-electron chi connectivity index (χ2n) is 8.87. The number of hydrogen-bond acceptors (Lipinski definition) is 4. The van der Waals surface area contributed by atoms with Crippen molar-refractivity contribution in [3.8, 4) is 22.6 Å². The molecule has 0 bridgehead atoms. The Kier molecular flexibility index (Phi) is 9.33. The average molecular weight is 437 g/mol. The molecule has 0 N–H and O–H groups in total. The maximum Gasteiger partial charge on any atom is 0.311 e. The molecule has 0 radical (unpaired) electrons. The van der Waals surface area contributed by atoms with Gasteiger partial charge >= 0.3 is 5.97 Å². The fraction of sp³-hybridized carbons (Fsp3) is 0.500. The maximum absolute atomic E-state index is 12.2. The number of hydrogen-bond donors (Lipinski definition) is 0. The molecular formula is C28H36O4. The lowest BCUT2D eigenvalue weighted by Crippen LogP contribution is -2.24. The monoisotopic (exact) mass is 436 g/mol. The van der Waals surface area contributed by atoms with Crippen LogP contribution in [0.3, 0.4) is 0 Å². The molecule has 2 aromatic carbocycles. The molecule has 1 saturated carbocycles. The van der Waals surface area contributed by atoms with E-state index in [1.165, 1.54) is 0 Å². The quantitative estimate of drug-likeness (QED) is 0.281. The first kappa shape index (κ1) is 24.0. The Labute approximate surface area is 192 Å². The molecule has 0 aliphatic heterocycles. The Bertz CT molecular complexity index is 846. The van der Waals surface area contributed by atoms with Crippen molar-refractivity contribution < 1.29 is 19.1 Å². The summed E-state index contributed by atoms with van der Waals surface area (Å²) in [5.41, 5.74) is 2.16. The van der Waals surface area contributed by atoms with Crippen LogP contribution in [0.5, 0.6) is 11.5 Å². The topological polar surface area (TPSA) is 52.6 Å². The van der Waals surface area contributed by atoms with E-state index in [0.29, 0.717) is 30.5 Å². The van der Waals surface area contributed by atoms with Gasteiger partial charge in [0.05, 0.1) is 6.61 Å². The highest BCUT2D eigenvalue weighted by Crippen LogP contribution is 2.31. The molecule has 0 unspecified atom stereocenters. The highest BCUT2D eigenvalue weighted by atomic mass is 16.5. The normalized spacial score (nSPS) is 18.2. The Morgan fingerprint density at radius 3 is 1.94 bits per heavy atom. The van der Waals surface area contributed by atoms with Crippen LogP contribution in [0.15, 0.2) is 48.5 Å². The third-order valence-corrected chi connectivity index (χ3v) is 6.29. The standard InChI is InChI=1S/C28H36O4/c1-3-5-7-27(29)24-10-8-21(9-11-24)20-31-25-16-12-22(13-17-25)23-14-18-26(19-15-23)32-28(30)6-4-2/h12-19,21,24H,3-11,20H2,1-2H3. The molecule has 4 nitrogen and oxygen atoms in total. The molecule has 0 amide bonds. The van der Waals surface area contributed by atoms with E-state index in [0.717, 1.165) is 68.2 Å². The minimum Gasteiger partial charge on any atom is -0.493 e. The van der Waals surface area contributed by atoms with E-state index in [1.54, 1.807) is 0 Å². The first-order chi connectivity index (χ1) is 15.6. The number of benzene rings is 2. The predicted molar refractivity (Wildman–Crippen MR) is 128 cm³/mol. The molecule has 0 saturated heterocycles. The summed E-state index contributed by atoms with van der Waals surface area (Å²) >= 11 is 0. The maximum atomic E-state index is 12.2. The minimum absolute atomic E-state index is 0.196. The highest BCUT2D eigenvalue weighted by molar-refractivity contribution is 5.81. The summed E-state index contributed by atoms with van der Waals surface area (Å²) in [6, 6.07) is 15.7. The number of ether oxygens (including phenoxy) is 2. The SMILES string of the molecule is CCCCC(=O)C1CCC(COc2ccc(-c3ccc(OC(=O)CCC)cc3)cc2)CC1. The molecular weight excluding hydrogens is 400 g/mol. The van der Waals surface area contributed by atoms with Gasteiger partial charge in [-0.05, 0) is 79.8 Å². The molecule has 1 aliphatic rings. The molecule has 172 valence electrons. The number of rotatable bonds is 11. The van der Waals surface area contributed by atoms with Crippen LogP contribution in [-0.4, -0.2) is 18.4 Å². The molecule has 0 heterocycles. The van der Waals surface area contributed by atoms with Crippen molar-refractivity contribution in [2.24, 2.45) is 11.8 Å². The molecule has 0 aromatic heterocycles. The number of carbonyl (C=O) groups is 2. The lowest BCUT2D eigenvalue weighted by Gasteiger charge is -2.27. The van der Waals surface area contributed by atoms with Gasteiger partial charge in [-0.15, -0.1) is 0 Å². The third kappa shape index (κ3) is 7.22. The van der Waals surface area contributed by atoms with Gasteiger partial charge in [-0.2, -0.15) is 0 Å². The second-order valence-corrected chi connectivity index (χ2v) is 8.87. The van der Waals surface area contributed by atoms with E-state index < -0.39 is 0 Å². The number of unbranched alkanes of at least 4 members (excludes halogenated alkanes) is 1. The lowest BCUT2D eigenvalue weighted by molar-refractivity contribution is -0.134. The van der Waals surface area contributed by atoms with Crippen molar-refractivity contribution in [3.63, 3.8) is 0 Å². The van der Waals surface area contributed by atoms with Crippen LogP contribution in [0.1, 0.15) is 71.6 Å². The molecule has 32 heavy (non-hydrogen) atoms. The zero-order valence-electron chi connectivity index (χ0n) is 19.5. The van der Waals surface area contributed by atoms with Crippen LogP contribution in [0.2, 0.25) is 0 Å². The summed E-state index contributed by atoms with van der Waals surface area (Å²) in [5.74, 6) is 2.53. The van der Waals surface area contributed by atoms with Gasteiger partial charge in [0.25, 0.3) is 0 Å². The second kappa shape index (κ2) is 12.4. The van der Waals surface area contributed by atoms with Crippen LogP contribution in [0.4, 0.5) is 0 Å². The minimum atomic E-state index is -0.196. The van der Waals surface area contributed by atoms with E-state index in [9.17, 15) is 9.59 Å². The van der Waals surface area contributed by atoms with Crippen molar-refractivity contribution in [3.05, 3.63) is 48.5 Å². The summed E-state index contributed by atoms with van der Waals surface area (Å²) < 4.78 is 11.4. The first-order valence-corrected chi connectivity index (χ1v) is 12.2. The molecule has 1 aliphatic carbocycles. The highest BCUT2D eigenvalue weighted by Gasteiger charge is 2.26. The number of carbonyl (C=O) groups excluding carboxylic acids is 2. The van der Waals surface area contributed by atoms with Crippen molar-refractivity contribution in [2.75, 3.05) is 6.61 Å². The molecule has 0 atom stereocenters. The van der Waals surface area contributed by atoms with Gasteiger partial charge < -0.3 is 9.47 Å². The molecule has 2 aromatic rings. The predicted octanol–water partition coefficient (Wildman–Crippen LogP) is 7.00. The number of Topliss-reactive ketones (excluding diaryl/α,β-unsaturated/α-hetero) is 1. The molecule has 0 spiro atoms. The third-order valence-electron chi connectivity index (χ3n) is 6.29. The fourth-order valence-corrected chi connectivity index (χ4v) is 4.27. The van der Waals surface area contributed by atoms with E-state index in [2.05, 4.69) is 19.1 Å². The van der Waals surface area contributed by atoms with Crippen LogP contribution in [0, 0.1) is 11.8 Å². The zero-order chi connectivity index (χ0) is 22.8. The average Bonchev–Trinajstić information content (AvgIpc) is 2.82. The fourth-order valence-electron chi connectivity index (χ4n) is 4.27. The van der Waals surface area contributed by atoms with Gasteiger partial charge in [0, 0.05) is 18.8 Å². The van der Waals surface area contributed by atoms with Crippen LogP contribution >= 0.6 is 0 Å². The Hall–Kier alpha value is -2.62. The first-order valence-electron chi connectivity index (χ1n) is 12.2. The van der Waals surface area contributed by atoms with Gasteiger partial charge in [0.1, 0.15) is 17.3 Å². The summed E-state index contributed by atoms with van der Waals surface area (Å²) in [6.07, 6.45) is 8.26. The van der Waals surface area contributed by atoms with E-state index in [4.69, 9.17) is 9.47 Å². The van der Waals surface area contributed by atoms with Gasteiger partial charge in [0.2, 0.25) is 0 Å².